The number of para-hydroxylation sites is 1. The molecule has 0 radical (unpaired) electrons. The van der Waals surface area contributed by atoms with E-state index in [1.165, 1.54) is 0 Å². The van der Waals surface area contributed by atoms with Crippen LogP contribution in [0.5, 0.6) is 0 Å². The van der Waals surface area contributed by atoms with Crippen LogP contribution in [0.3, 0.4) is 0 Å². The molecule has 1 aromatic heterocycles. The van der Waals surface area contributed by atoms with Gasteiger partial charge in [-0.1, -0.05) is 53.7 Å². The van der Waals surface area contributed by atoms with Crippen LogP contribution in [0.4, 0.5) is 5.69 Å². The first-order valence-corrected chi connectivity index (χ1v) is 8.49. The van der Waals surface area contributed by atoms with Crippen molar-refractivity contribution < 1.29 is 9.32 Å². The van der Waals surface area contributed by atoms with Crippen LogP contribution in [0, 0.1) is 0 Å². The lowest BCUT2D eigenvalue weighted by atomic mass is 10.1. The molecular formula is C20H22N4O2. The van der Waals surface area contributed by atoms with E-state index >= 15 is 0 Å². The largest absolute Gasteiger partial charge is 0.376 e. The lowest BCUT2D eigenvalue weighted by molar-refractivity contribution is -0.127. The molecule has 0 fully saturated rings. The second-order valence-electron chi connectivity index (χ2n) is 6.24. The van der Waals surface area contributed by atoms with Crippen molar-refractivity contribution >= 4 is 11.6 Å². The minimum atomic E-state index is 0.0576. The third kappa shape index (κ3) is 4.69. The maximum Gasteiger partial charge on any atom is 0.245 e. The Bertz CT molecular complexity index is 859. The van der Waals surface area contributed by atoms with Gasteiger partial charge >= 0.3 is 0 Å². The number of hydrogen-bond acceptors (Lipinski definition) is 5. The second kappa shape index (κ2) is 8.29. The molecule has 26 heavy (non-hydrogen) atoms. The second-order valence-corrected chi connectivity index (χ2v) is 6.24. The third-order valence-corrected chi connectivity index (χ3v) is 4.00. The Morgan fingerprint density at radius 3 is 2.58 bits per heavy atom. The molecule has 0 aliphatic carbocycles. The van der Waals surface area contributed by atoms with Gasteiger partial charge in [-0.3, -0.25) is 4.79 Å². The summed E-state index contributed by atoms with van der Waals surface area (Å²) in [5, 5.41) is 7.31. The molecule has 0 saturated carbocycles. The molecule has 6 heteroatoms. The summed E-state index contributed by atoms with van der Waals surface area (Å²) in [5.74, 6) is 1.23. The molecule has 1 heterocycles. The van der Waals surface area contributed by atoms with Crippen LogP contribution in [0.2, 0.25) is 0 Å². The van der Waals surface area contributed by atoms with Gasteiger partial charge in [0.15, 0.2) is 5.82 Å². The Hall–Kier alpha value is -3.15. The number of amides is 1. The van der Waals surface area contributed by atoms with Crippen LogP contribution >= 0.6 is 0 Å². The van der Waals surface area contributed by atoms with Gasteiger partial charge in [0.05, 0.1) is 13.0 Å². The maximum absolute atomic E-state index is 12.0. The van der Waals surface area contributed by atoms with Crippen molar-refractivity contribution in [3.8, 4) is 0 Å². The number of nitrogens with zero attached hydrogens (tertiary/aromatic N) is 3. The molecule has 0 bridgehead atoms. The highest BCUT2D eigenvalue weighted by atomic mass is 16.5. The molecule has 0 spiro atoms. The van der Waals surface area contributed by atoms with E-state index in [2.05, 4.69) is 15.5 Å². The van der Waals surface area contributed by atoms with E-state index in [1.54, 1.807) is 19.0 Å². The summed E-state index contributed by atoms with van der Waals surface area (Å²) < 4.78 is 5.32. The average molecular weight is 350 g/mol. The molecule has 3 rings (SSSR count). The van der Waals surface area contributed by atoms with Gasteiger partial charge in [0.2, 0.25) is 11.8 Å². The Morgan fingerprint density at radius 2 is 1.81 bits per heavy atom. The highest BCUT2D eigenvalue weighted by molar-refractivity contribution is 5.80. The Kier molecular flexibility index (Phi) is 5.63. The fourth-order valence-corrected chi connectivity index (χ4v) is 2.55. The smallest absolute Gasteiger partial charge is 0.245 e. The Balaban J connectivity index is 1.62. The first kappa shape index (κ1) is 17.7. The minimum absolute atomic E-state index is 0.0576. The van der Waals surface area contributed by atoms with Gasteiger partial charge in [-0.2, -0.15) is 4.98 Å². The molecule has 0 aliphatic heterocycles. The van der Waals surface area contributed by atoms with Crippen molar-refractivity contribution in [2.75, 3.05) is 19.4 Å². The zero-order valence-electron chi connectivity index (χ0n) is 15.0. The number of benzene rings is 2. The number of anilines is 1. The fraction of sp³-hybridized carbons (Fsp3) is 0.250. The van der Waals surface area contributed by atoms with Crippen LogP contribution in [-0.2, 0) is 24.2 Å². The summed E-state index contributed by atoms with van der Waals surface area (Å²) in [5.41, 5.74) is 2.97. The molecule has 6 nitrogen and oxygen atoms in total. The number of nitrogens with one attached hydrogen (secondary N) is 1. The first-order valence-electron chi connectivity index (χ1n) is 8.49. The predicted molar refractivity (Wildman–Crippen MR) is 99.7 cm³/mol. The number of aromatic nitrogens is 2. The SMILES string of the molecule is CN(C)C(=O)Cc1ccccc1NCc1nc(Cc2ccccc2)no1. The van der Waals surface area contributed by atoms with E-state index < -0.39 is 0 Å². The molecule has 1 N–H and O–H groups in total. The summed E-state index contributed by atoms with van der Waals surface area (Å²) in [6, 6.07) is 17.8. The standard InChI is InChI=1S/C20H22N4O2/c1-24(2)20(25)13-16-10-6-7-11-17(16)21-14-19-22-18(23-26-19)12-15-8-4-3-5-9-15/h3-11,21H,12-14H2,1-2H3. The van der Waals surface area contributed by atoms with Crippen LogP contribution in [0.25, 0.3) is 0 Å². The summed E-state index contributed by atoms with van der Waals surface area (Å²) in [6.07, 6.45) is 0.984. The number of hydrogen-bond donors (Lipinski definition) is 1. The maximum atomic E-state index is 12.0. The molecule has 2 aromatic carbocycles. The van der Waals surface area contributed by atoms with Gasteiger partial charge < -0.3 is 14.7 Å². The number of likely N-dealkylation sites (N-methyl/N-ethyl adjacent to an activating group) is 1. The highest BCUT2D eigenvalue weighted by Crippen LogP contribution is 2.17. The van der Waals surface area contributed by atoms with Crippen LogP contribution < -0.4 is 5.32 Å². The summed E-state index contributed by atoms with van der Waals surface area (Å²) >= 11 is 0. The van der Waals surface area contributed by atoms with Crippen LogP contribution in [-0.4, -0.2) is 35.0 Å². The van der Waals surface area contributed by atoms with E-state index in [9.17, 15) is 4.79 Å². The molecule has 1 amide bonds. The first-order chi connectivity index (χ1) is 12.6. The lowest BCUT2D eigenvalue weighted by Crippen LogP contribution is -2.23. The Labute approximate surface area is 152 Å². The van der Waals surface area contributed by atoms with Gasteiger partial charge in [-0.25, -0.2) is 0 Å². The van der Waals surface area contributed by atoms with E-state index in [-0.39, 0.29) is 5.91 Å². The lowest BCUT2D eigenvalue weighted by Gasteiger charge is -2.13. The van der Waals surface area contributed by atoms with Gasteiger partial charge in [0.25, 0.3) is 0 Å². The van der Waals surface area contributed by atoms with Gasteiger partial charge in [-0.15, -0.1) is 0 Å². The Morgan fingerprint density at radius 1 is 1.08 bits per heavy atom. The van der Waals surface area contributed by atoms with E-state index in [1.807, 2.05) is 54.6 Å². The van der Waals surface area contributed by atoms with Crippen LogP contribution in [0.15, 0.2) is 59.1 Å². The third-order valence-electron chi connectivity index (χ3n) is 4.00. The predicted octanol–water partition coefficient (Wildman–Crippen LogP) is 2.90. The number of rotatable bonds is 7. The molecule has 0 saturated heterocycles. The van der Waals surface area contributed by atoms with Gasteiger partial charge in [0, 0.05) is 26.2 Å². The highest BCUT2D eigenvalue weighted by Gasteiger charge is 2.11. The number of carbonyl (C=O) groups is 1. The molecule has 0 aliphatic rings. The quantitative estimate of drug-likeness (QED) is 0.709. The van der Waals surface area contributed by atoms with Crippen molar-refractivity contribution in [2.24, 2.45) is 0 Å². The molecule has 134 valence electrons. The fourth-order valence-electron chi connectivity index (χ4n) is 2.55. The van der Waals surface area contributed by atoms with Crippen molar-refractivity contribution in [3.63, 3.8) is 0 Å². The van der Waals surface area contributed by atoms with Crippen molar-refractivity contribution in [1.82, 2.24) is 15.0 Å². The summed E-state index contributed by atoms with van der Waals surface area (Å²) in [7, 11) is 3.51. The normalized spacial score (nSPS) is 10.5. The summed E-state index contributed by atoms with van der Waals surface area (Å²) in [6.45, 7) is 0.412. The van der Waals surface area contributed by atoms with Gasteiger partial charge in [0.1, 0.15) is 0 Å². The molecule has 0 unspecified atom stereocenters. The summed E-state index contributed by atoms with van der Waals surface area (Å²) in [4.78, 5) is 18.0. The molecule has 3 aromatic rings. The molecule has 0 atom stereocenters. The zero-order chi connectivity index (χ0) is 18.4. The van der Waals surface area contributed by atoms with E-state index in [0.29, 0.717) is 31.1 Å². The van der Waals surface area contributed by atoms with Crippen molar-refractivity contribution in [1.29, 1.82) is 0 Å². The van der Waals surface area contributed by atoms with Crippen molar-refractivity contribution in [2.45, 2.75) is 19.4 Å². The number of carbonyl (C=O) groups excluding carboxylic acids is 1. The average Bonchev–Trinajstić information content (AvgIpc) is 3.09. The van der Waals surface area contributed by atoms with Crippen molar-refractivity contribution in [3.05, 3.63) is 77.4 Å². The van der Waals surface area contributed by atoms with E-state index in [0.717, 1.165) is 16.8 Å². The monoisotopic (exact) mass is 350 g/mol. The minimum Gasteiger partial charge on any atom is -0.376 e. The zero-order valence-corrected chi connectivity index (χ0v) is 15.0. The van der Waals surface area contributed by atoms with E-state index in [4.69, 9.17) is 4.52 Å². The van der Waals surface area contributed by atoms with Crippen LogP contribution in [0.1, 0.15) is 22.8 Å². The topological polar surface area (TPSA) is 71.3 Å². The molecular weight excluding hydrogens is 328 g/mol. The van der Waals surface area contributed by atoms with Gasteiger partial charge in [-0.05, 0) is 17.2 Å².